The molecule has 1 heterocycles. The van der Waals surface area contributed by atoms with Gasteiger partial charge in [-0.3, -0.25) is 4.79 Å². The highest BCUT2D eigenvalue weighted by Crippen LogP contribution is 2.10. The van der Waals surface area contributed by atoms with E-state index in [1.165, 1.54) is 0 Å². The Bertz CT molecular complexity index is 509. The zero-order chi connectivity index (χ0) is 13.5. The van der Waals surface area contributed by atoms with Crippen LogP contribution in [-0.2, 0) is 9.53 Å². The quantitative estimate of drug-likeness (QED) is 0.388. The van der Waals surface area contributed by atoms with Crippen LogP contribution < -0.4 is 5.32 Å². The van der Waals surface area contributed by atoms with Crippen LogP contribution in [0.1, 0.15) is 5.56 Å². The predicted octanol–water partition coefficient (Wildman–Crippen LogP) is 1.89. The van der Waals surface area contributed by atoms with Gasteiger partial charge in [0.2, 0.25) is 0 Å². The maximum Gasteiger partial charge on any atom is 0.316 e. The third kappa shape index (κ3) is 3.58. The number of ether oxygens (including phenoxy) is 1. The van der Waals surface area contributed by atoms with Crippen LogP contribution in [0.3, 0.4) is 0 Å². The third-order valence-electron chi connectivity index (χ3n) is 2.78. The standard InChI is InChI=1S/C13H14N4O2/c14-17-16-12-11(15-8-9-19-13(12)18)7-6-10-4-2-1-3-5-10/h1-7,11-12,15H,8-9H2/b7-6+/t11-,12+/m1/s1. The van der Waals surface area contributed by atoms with Crippen molar-refractivity contribution < 1.29 is 9.53 Å². The first kappa shape index (κ1) is 13.1. The van der Waals surface area contributed by atoms with Crippen LogP contribution in [0.4, 0.5) is 0 Å². The van der Waals surface area contributed by atoms with Gasteiger partial charge in [0.05, 0.1) is 0 Å². The Morgan fingerprint density at radius 1 is 1.42 bits per heavy atom. The van der Waals surface area contributed by atoms with E-state index in [0.29, 0.717) is 6.54 Å². The molecule has 1 aromatic rings. The van der Waals surface area contributed by atoms with Gasteiger partial charge in [0, 0.05) is 17.5 Å². The second-order valence-corrected chi connectivity index (χ2v) is 4.07. The number of cyclic esters (lactones) is 1. The van der Waals surface area contributed by atoms with Gasteiger partial charge in [0.1, 0.15) is 6.61 Å². The second-order valence-electron chi connectivity index (χ2n) is 4.07. The summed E-state index contributed by atoms with van der Waals surface area (Å²) in [4.78, 5) is 14.4. The molecule has 2 rings (SSSR count). The summed E-state index contributed by atoms with van der Waals surface area (Å²) in [5, 5.41) is 6.63. The molecule has 1 fully saturated rings. The minimum Gasteiger partial charge on any atom is -0.464 e. The van der Waals surface area contributed by atoms with E-state index in [-0.39, 0.29) is 12.6 Å². The molecule has 0 unspecified atom stereocenters. The molecule has 1 aliphatic rings. The van der Waals surface area contributed by atoms with Crippen molar-refractivity contribution in [2.24, 2.45) is 5.11 Å². The van der Waals surface area contributed by atoms with Gasteiger partial charge in [-0.15, -0.1) is 0 Å². The normalized spacial score (nSPS) is 23.5. The first-order valence-corrected chi connectivity index (χ1v) is 5.99. The molecule has 2 atom stereocenters. The number of nitrogens with zero attached hydrogens (tertiary/aromatic N) is 3. The molecule has 1 aromatic carbocycles. The Morgan fingerprint density at radius 2 is 2.21 bits per heavy atom. The van der Waals surface area contributed by atoms with Crippen LogP contribution in [-0.4, -0.2) is 31.2 Å². The largest absolute Gasteiger partial charge is 0.464 e. The smallest absolute Gasteiger partial charge is 0.316 e. The lowest BCUT2D eigenvalue weighted by molar-refractivity contribution is -0.143. The fraction of sp³-hybridized carbons (Fsp3) is 0.308. The van der Waals surface area contributed by atoms with Gasteiger partial charge in [0.15, 0.2) is 6.04 Å². The highest BCUT2D eigenvalue weighted by molar-refractivity contribution is 5.78. The van der Waals surface area contributed by atoms with Gasteiger partial charge >= 0.3 is 5.97 Å². The molecule has 0 saturated carbocycles. The molecule has 0 bridgehead atoms. The Hall–Kier alpha value is -2.30. The van der Waals surface area contributed by atoms with Crippen molar-refractivity contribution in [3.63, 3.8) is 0 Å². The monoisotopic (exact) mass is 258 g/mol. The number of hydrogen-bond acceptors (Lipinski definition) is 4. The second kappa shape index (κ2) is 6.58. The molecule has 6 heteroatoms. The molecule has 1 N–H and O–H groups in total. The van der Waals surface area contributed by atoms with Crippen LogP contribution in [0.2, 0.25) is 0 Å². The molecule has 0 aromatic heterocycles. The molecule has 1 aliphatic heterocycles. The molecule has 0 amide bonds. The molecular formula is C13H14N4O2. The zero-order valence-electron chi connectivity index (χ0n) is 10.3. The summed E-state index contributed by atoms with van der Waals surface area (Å²) >= 11 is 0. The Morgan fingerprint density at radius 3 is 2.95 bits per heavy atom. The Labute approximate surface area is 110 Å². The summed E-state index contributed by atoms with van der Waals surface area (Å²) in [6.45, 7) is 0.818. The lowest BCUT2D eigenvalue weighted by Gasteiger charge is -2.15. The molecule has 98 valence electrons. The summed E-state index contributed by atoms with van der Waals surface area (Å²) in [6, 6.07) is 8.47. The van der Waals surface area contributed by atoms with Crippen molar-refractivity contribution in [2.45, 2.75) is 12.1 Å². The average Bonchev–Trinajstić information content (AvgIpc) is 2.61. The van der Waals surface area contributed by atoms with Crippen LogP contribution in [0.15, 0.2) is 41.5 Å². The van der Waals surface area contributed by atoms with Crippen molar-refractivity contribution in [1.29, 1.82) is 0 Å². The van der Waals surface area contributed by atoms with Crippen LogP contribution >= 0.6 is 0 Å². The number of carbonyl (C=O) groups is 1. The third-order valence-corrected chi connectivity index (χ3v) is 2.78. The van der Waals surface area contributed by atoms with E-state index in [1.54, 1.807) is 0 Å². The van der Waals surface area contributed by atoms with Gasteiger partial charge in [-0.25, -0.2) is 0 Å². The summed E-state index contributed by atoms with van der Waals surface area (Å²) in [7, 11) is 0. The molecule has 0 aliphatic carbocycles. The first-order valence-electron chi connectivity index (χ1n) is 5.99. The number of nitrogens with one attached hydrogen (secondary N) is 1. The summed E-state index contributed by atoms with van der Waals surface area (Å²) in [5.74, 6) is -0.495. The fourth-order valence-electron chi connectivity index (χ4n) is 1.85. The van der Waals surface area contributed by atoms with E-state index in [9.17, 15) is 4.79 Å². The van der Waals surface area contributed by atoms with Crippen LogP contribution in [0.5, 0.6) is 0 Å². The van der Waals surface area contributed by atoms with E-state index < -0.39 is 12.0 Å². The molecule has 19 heavy (non-hydrogen) atoms. The minimum absolute atomic E-state index is 0.284. The topological polar surface area (TPSA) is 87.1 Å². The molecule has 0 spiro atoms. The van der Waals surface area contributed by atoms with Gasteiger partial charge in [-0.05, 0) is 11.1 Å². The van der Waals surface area contributed by atoms with Crippen LogP contribution in [0, 0.1) is 0 Å². The Kier molecular flexibility index (Phi) is 4.55. The number of hydrogen-bond donors (Lipinski definition) is 1. The van der Waals surface area contributed by atoms with E-state index in [2.05, 4.69) is 15.3 Å². The van der Waals surface area contributed by atoms with Gasteiger partial charge in [-0.2, -0.15) is 0 Å². The first-order chi connectivity index (χ1) is 9.31. The van der Waals surface area contributed by atoms with Gasteiger partial charge in [0.25, 0.3) is 0 Å². The van der Waals surface area contributed by atoms with E-state index >= 15 is 0 Å². The van der Waals surface area contributed by atoms with E-state index in [1.807, 2.05) is 42.5 Å². The summed E-state index contributed by atoms with van der Waals surface area (Å²) < 4.78 is 4.95. The number of azide groups is 1. The number of esters is 1. The van der Waals surface area contributed by atoms with Crippen LogP contribution in [0.25, 0.3) is 16.5 Å². The van der Waals surface area contributed by atoms with Crippen molar-refractivity contribution >= 4 is 12.0 Å². The maximum absolute atomic E-state index is 11.7. The molecular weight excluding hydrogens is 244 g/mol. The SMILES string of the molecule is [N-]=[N+]=N[C@@H]1C(=O)OCCN[C@@H]1/C=C/c1ccccc1. The number of carbonyl (C=O) groups excluding carboxylic acids is 1. The number of rotatable bonds is 3. The summed E-state index contributed by atoms with van der Waals surface area (Å²) in [5.41, 5.74) is 9.55. The fourth-order valence-corrected chi connectivity index (χ4v) is 1.85. The maximum atomic E-state index is 11.7. The lowest BCUT2D eigenvalue weighted by atomic mass is 10.1. The van der Waals surface area contributed by atoms with Crippen molar-refractivity contribution in [3.05, 3.63) is 52.4 Å². The van der Waals surface area contributed by atoms with Crippen molar-refractivity contribution in [3.8, 4) is 0 Å². The van der Waals surface area contributed by atoms with E-state index in [0.717, 1.165) is 5.56 Å². The summed E-state index contributed by atoms with van der Waals surface area (Å²) in [6.07, 6.45) is 3.71. The number of benzene rings is 1. The molecule has 1 saturated heterocycles. The van der Waals surface area contributed by atoms with E-state index in [4.69, 9.17) is 10.3 Å². The predicted molar refractivity (Wildman–Crippen MR) is 71.2 cm³/mol. The van der Waals surface area contributed by atoms with Crippen molar-refractivity contribution in [2.75, 3.05) is 13.2 Å². The van der Waals surface area contributed by atoms with Crippen molar-refractivity contribution in [1.82, 2.24) is 5.32 Å². The van der Waals surface area contributed by atoms with Gasteiger partial charge in [-0.1, -0.05) is 47.6 Å². The highest BCUT2D eigenvalue weighted by atomic mass is 16.5. The average molecular weight is 258 g/mol. The molecule has 0 radical (unpaired) electrons. The lowest BCUT2D eigenvalue weighted by Crippen LogP contribution is -2.39. The minimum atomic E-state index is -0.868. The Balaban J connectivity index is 2.17. The van der Waals surface area contributed by atoms with Gasteiger partial charge < -0.3 is 10.1 Å². The zero-order valence-corrected chi connectivity index (χ0v) is 10.3. The molecule has 6 nitrogen and oxygen atoms in total. The highest BCUT2D eigenvalue weighted by Gasteiger charge is 2.29.